The highest BCUT2D eigenvalue weighted by Crippen LogP contribution is 2.26. The molecule has 8 heteroatoms. The van der Waals surface area contributed by atoms with Gasteiger partial charge >= 0.3 is 6.18 Å². The molecule has 2 N–H and O–H groups in total. The van der Waals surface area contributed by atoms with Crippen LogP contribution in [0.5, 0.6) is 5.75 Å². The van der Waals surface area contributed by atoms with Crippen molar-refractivity contribution in [1.29, 1.82) is 0 Å². The summed E-state index contributed by atoms with van der Waals surface area (Å²) < 4.78 is 53.9. The predicted molar refractivity (Wildman–Crippen MR) is 64.4 cm³/mol. The van der Waals surface area contributed by atoms with Crippen molar-refractivity contribution < 1.29 is 27.1 Å². The van der Waals surface area contributed by atoms with E-state index >= 15 is 0 Å². The molecule has 2 aromatic rings. The van der Waals surface area contributed by atoms with E-state index in [9.17, 15) is 22.4 Å². The minimum Gasteiger partial charge on any atom is -0.497 e. The Hall–Kier alpha value is -2.25. The summed E-state index contributed by atoms with van der Waals surface area (Å²) in [5.41, 5.74) is 0.573. The first kappa shape index (κ1) is 14.2. The Kier molecular flexibility index (Phi) is 3.56. The summed E-state index contributed by atoms with van der Waals surface area (Å²) in [4.78, 5) is 13.8. The number of nitrogens with one attached hydrogen (secondary N) is 2. The molecule has 0 fully saturated rings. The largest absolute Gasteiger partial charge is 0.497 e. The molecule has 0 aliphatic carbocycles. The molecular weight excluding hydrogens is 280 g/mol. The van der Waals surface area contributed by atoms with Crippen molar-refractivity contribution in [3.05, 3.63) is 24.3 Å². The Morgan fingerprint density at radius 2 is 2.05 bits per heavy atom. The van der Waals surface area contributed by atoms with Gasteiger partial charge in [0.2, 0.25) is 0 Å². The van der Waals surface area contributed by atoms with Gasteiger partial charge in [-0.15, -0.1) is 0 Å². The number of rotatable bonds is 3. The Balaban J connectivity index is 2.20. The molecule has 108 valence electrons. The zero-order valence-corrected chi connectivity index (χ0v) is 10.2. The molecule has 1 aromatic heterocycles. The summed E-state index contributed by atoms with van der Waals surface area (Å²) in [5.74, 6) is -1.24. The van der Waals surface area contributed by atoms with Gasteiger partial charge in [-0.2, -0.15) is 13.2 Å². The molecule has 0 spiro atoms. The van der Waals surface area contributed by atoms with Crippen molar-refractivity contribution in [2.75, 3.05) is 12.4 Å². The van der Waals surface area contributed by atoms with Gasteiger partial charge in [0.05, 0.1) is 7.11 Å². The fourth-order valence-corrected chi connectivity index (χ4v) is 1.65. The summed E-state index contributed by atoms with van der Waals surface area (Å²) in [5, 5.41) is 2.46. The number of methoxy groups -OCH3 is 1. The Bertz CT molecular complexity index is 636. The van der Waals surface area contributed by atoms with Crippen LogP contribution in [0.25, 0.3) is 10.9 Å². The van der Waals surface area contributed by atoms with Gasteiger partial charge in [0.25, 0.3) is 12.1 Å². The maximum atomic E-state index is 12.8. The summed E-state index contributed by atoms with van der Waals surface area (Å²) in [6.45, 7) is 0. The highest BCUT2D eigenvalue weighted by Gasteiger charge is 2.45. The number of carbonyl (C=O) groups is 1. The summed E-state index contributed by atoms with van der Waals surface area (Å²) in [6, 6.07) is 6.27. The van der Waals surface area contributed by atoms with Gasteiger partial charge in [0.15, 0.2) is 0 Å². The van der Waals surface area contributed by atoms with Crippen LogP contribution in [0.15, 0.2) is 24.3 Å². The van der Waals surface area contributed by atoms with E-state index in [0.29, 0.717) is 16.7 Å². The maximum absolute atomic E-state index is 12.8. The van der Waals surface area contributed by atoms with Crippen LogP contribution in [0, 0.1) is 0 Å². The standard InChI is InChI=1S/C12H10F4N2O2/c1-20-7-2-3-8-6(4-7)5-9(17-8)18-11(19)10(13)12(14,15)16/h2-5,10,17H,1H3,(H,18,19). The Morgan fingerprint density at radius 3 is 2.65 bits per heavy atom. The van der Waals surface area contributed by atoms with Gasteiger partial charge in [-0.25, -0.2) is 4.39 Å². The van der Waals surface area contributed by atoms with E-state index in [4.69, 9.17) is 4.74 Å². The minimum atomic E-state index is -5.22. The van der Waals surface area contributed by atoms with E-state index in [1.165, 1.54) is 13.2 Å². The van der Waals surface area contributed by atoms with Crippen LogP contribution < -0.4 is 10.1 Å². The molecule has 1 unspecified atom stereocenters. The monoisotopic (exact) mass is 290 g/mol. The highest BCUT2D eigenvalue weighted by molar-refractivity contribution is 5.96. The zero-order chi connectivity index (χ0) is 14.9. The quantitative estimate of drug-likeness (QED) is 0.854. The number of amides is 1. The third-order valence-corrected chi connectivity index (χ3v) is 2.60. The van der Waals surface area contributed by atoms with Crippen molar-refractivity contribution in [2.45, 2.75) is 12.3 Å². The first-order valence-electron chi connectivity index (χ1n) is 5.49. The topological polar surface area (TPSA) is 54.1 Å². The van der Waals surface area contributed by atoms with E-state index in [1.54, 1.807) is 18.2 Å². The van der Waals surface area contributed by atoms with Crippen molar-refractivity contribution >= 4 is 22.6 Å². The summed E-state index contributed by atoms with van der Waals surface area (Å²) in [6.07, 6.45) is -8.79. The van der Waals surface area contributed by atoms with Gasteiger partial charge in [-0.3, -0.25) is 4.79 Å². The average molecular weight is 290 g/mol. The van der Waals surface area contributed by atoms with E-state index in [1.807, 2.05) is 5.32 Å². The number of hydrogen-bond donors (Lipinski definition) is 2. The number of benzene rings is 1. The van der Waals surface area contributed by atoms with Crippen LogP contribution in [0.4, 0.5) is 23.4 Å². The van der Waals surface area contributed by atoms with Gasteiger partial charge in [-0.05, 0) is 24.3 Å². The number of anilines is 1. The number of alkyl halides is 4. The Morgan fingerprint density at radius 1 is 1.35 bits per heavy atom. The zero-order valence-electron chi connectivity index (χ0n) is 10.2. The molecule has 0 aliphatic heterocycles. The molecule has 2 rings (SSSR count). The molecule has 1 heterocycles. The average Bonchev–Trinajstić information content (AvgIpc) is 2.77. The van der Waals surface area contributed by atoms with E-state index in [2.05, 4.69) is 4.98 Å². The van der Waals surface area contributed by atoms with E-state index in [0.717, 1.165) is 0 Å². The lowest BCUT2D eigenvalue weighted by Crippen LogP contribution is -2.36. The molecule has 1 atom stereocenters. The number of fused-ring (bicyclic) bond motifs is 1. The number of aromatic nitrogens is 1. The number of ether oxygens (including phenoxy) is 1. The second-order valence-electron chi connectivity index (χ2n) is 4.03. The van der Waals surface area contributed by atoms with Crippen molar-refractivity contribution in [3.8, 4) is 5.75 Å². The van der Waals surface area contributed by atoms with Gasteiger partial charge in [0, 0.05) is 10.9 Å². The number of hydrogen-bond acceptors (Lipinski definition) is 2. The van der Waals surface area contributed by atoms with Crippen LogP contribution in [-0.4, -0.2) is 30.3 Å². The molecule has 0 radical (unpaired) electrons. The van der Waals surface area contributed by atoms with Crippen LogP contribution in [0.1, 0.15) is 0 Å². The lowest BCUT2D eigenvalue weighted by atomic mass is 10.2. The molecular formula is C12H10F4N2O2. The van der Waals surface area contributed by atoms with Gasteiger partial charge in [0.1, 0.15) is 11.6 Å². The van der Waals surface area contributed by atoms with Crippen LogP contribution in [0.3, 0.4) is 0 Å². The molecule has 0 saturated heterocycles. The fraction of sp³-hybridized carbons (Fsp3) is 0.250. The Labute approximate surface area is 110 Å². The number of halogens is 4. The maximum Gasteiger partial charge on any atom is 0.428 e. The SMILES string of the molecule is COc1ccc2[nH]c(NC(=O)C(F)C(F)(F)F)cc2c1. The second-order valence-corrected chi connectivity index (χ2v) is 4.03. The lowest BCUT2D eigenvalue weighted by molar-refractivity contribution is -0.183. The van der Waals surface area contributed by atoms with E-state index < -0.39 is 18.3 Å². The first-order valence-corrected chi connectivity index (χ1v) is 5.49. The molecule has 1 aromatic carbocycles. The smallest absolute Gasteiger partial charge is 0.428 e. The molecule has 0 bridgehead atoms. The van der Waals surface area contributed by atoms with E-state index in [-0.39, 0.29) is 5.82 Å². The third-order valence-electron chi connectivity index (χ3n) is 2.60. The third kappa shape index (κ3) is 2.84. The first-order chi connectivity index (χ1) is 9.31. The van der Waals surface area contributed by atoms with Gasteiger partial charge < -0.3 is 15.0 Å². The number of aromatic amines is 1. The van der Waals surface area contributed by atoms with Crippen molar-refractivity contribution in [1.82, 2.24) is 4.98 Å². The molecule has 4 nitrogen and oxygen atoms in total. The number of carbonyl (C=O) groups excluding carboxylic acids is 1. The molecule has 1 amide bonds. The second kappa shape index (κ2) is 5.03. The molecule has 0 aliphatic rings. The highest BCUT2D eigenvalue weighted by atomic mass is 19.4. The van der Waals surface area contributed by atoms with Crippen LogP contribution >= 0.6 is 0 Å². The van der Waals surface area contributed by atoms with Crippen LogP contribution in [0.2, 0.25) is 0 Å². The predicted octanol–water partition coefficient (Wildman–Crippen LogP) is 3.02. The number of H-pyrrole nitrogens is 1. The normalized spacial score (nSPS) is 13.2. The fourth-order valence-electron chi connectivity index (χ4n) is 1.65. The summed E-state index contributed by atoms with van der Waals surface area (Å²) in [7, 11) is 1.47. The summed E-state index contributed by atoms with van der Waals surface area (Å²) >= 11 is 0. The van der Waals surface area contributed by atoms with Crippen LogP contribution in [-0.2, 0) is 4.79 Å². The minimum absolute atomic E-state index is 0.0230. The molecule has 20 heavy (non-hydrogen) atoms. The van der Waals surface area contributed by atoms with Crippen molar-refractivity contribution in [2.24, 2.45) is 0 Å². The lowest BCUT2D eigenvalue weighted by Gasteiger charge is -2.11. The van der Waals surface area contributed by atoms with Gasteiger partial charge in [-0.1, -0.05) is 0 Å². The molecule has 0 saturated carbocycles. The van der Waals surface area contributed by atoms with Crippen molar-refractivity contribution in [3.63, 3.8) is 0 Å².